The summed E-state index contributed by atoms with van der Waals surface area (Å²) < 4.78 is 11.2. The highest BCUT2D eigenvalue weighted by atomic mass is 79.9. The van der Waals surface area contributed by atoms with Gasteiger partial charge in [0.25, 0.3) is 0 Å². The number of esters is 1. The van der Waals surface area contributed by atoms with E-state index in [1.165, 1.54) is 0 Å². The zero-order valence-corrected chi connectivity index (χ0v) is 14.6. The van der Waals surface area contributed by atoms with Crippen LogP contribution >= 0.6 is 15.9 Å². The molecular weight excluding hydrogens is 380 g/mol. The minimum absolute atomic E-state index is 0.0108. The smallest absolute Gasteiger partial charge is 0.306 e. The van der Waals surface area contributed by atoms with Crippen LogP contribution in [-0.2, 0) is 16.1 Å². The van der Waals surface area contributed by atoms with Crippen LogP contribution < -0.4 is 5.43 Å². The summed E-state index contributed by atoms with van der Waals surface area (Å²) in [5, 5.41) is 19.3. The molecule has 0 saturated carbocycles. The fourth-order valence-electron chi connectivity index (χ4n) is 2.34. The summed E-state index contributed by atoms with van der Waals surface area (Å²) in [6.07, 6.45) is -0.115. The van der Waals surface area contributed by atoms with Crippen LogP contribution in [-0.4, -0.2) is 22.8 Å². The zero-order valence-electron chi connectivity index (χ0n) is 13.0. The molecule has 2 aromatic rings. The van der Waals surface area contributed by atoms with Crippen molar-refractivity contribution in [3.63, 3.8) is 0 Å². The third-order valence-corrected chi connectivity index (χ3v) is 3.89. The minimum Gasteiger partial charge on any atom is -0.502 e. The van der Waals surface area contributed by atoms with Gasteiger partial charge in [-0.15, -0.1) is 0 Å². The van der Waals surface area contributed by atoms with E-state index in [1.807, 2.05) is 6.07 Å². The maximum atomic E-state index is 12.0. The molecular formula is C17H17BrO6. The summed E-state index contributed by atoms with van der Waals surface area (Å²) in [6, 6.07) is 8.10. The van der Waals surface area contributed by atoms with Gasteiger partial charge in [0.1, 0.15) is 12.4 Å². The first-order chi connectivity index (χ1) is 11.5. The van der Waals surface area contributed by atoms with Gasteiger partial charge in [0.2, 0.25) is 11.2 Å². The highest BCUT2D eigenvalue weighted by Gasteiger charge is 2.26. The lowest BCUT2D eigenvalue weighted by atomic mass is 9.92. The normalized spacial score (nSPS) is 12.0. The van der Waals surface area contributed by atoms with E-state index < -0.39 is 29.7 Å². The van der Waals surface area contributed by atoms with E-state index in [0.29, 0.717) is 5.56 Å². The summed E-state index contributed by atoms with van der Waals surface area (Å²) >= 11 is 3.35. The molecule has 0 aliphatic heterocycles. The average molecular weight is 397 g/mol. The first-order valence-corrected chi connectivity index (χ1v) is 8.13. The molecule has 128 valence electrons. The van der Waals surface area contributed by atoms with Gasteiger partial charge >= 0.3 is 5.97 Å². The summed E-state index contributed by atoms with van der Waals surface area (Å²) in [5.74, 6) is -1.85. The van der Waals surface area contributed by atoms with E-state index in [2.05, 4.69) is 15.9 Å². The van der Waals surface area contributed by atoms with Crippen LogP contribution in [0.4, 0.5) is 0 Å². The molecule has 0 amide bonds. The minimum atomic E-state index is -0.722. The number of hydrogen-bond acceptors (Lipinski definition) is 6. The van der Waals surface area contributed by atoms with E-state index >= 15 is 0 Å². The zero-order chi connectivity index (χ0) is 17.7. The highest BCUT2D eigenvalue weighted by Crippen LogP contribution is 2.34. The predicted octanol–water partition coefficient (Wildman–Crippen LogP) is 2.69. The molecule has 0 aliphatic rings. The molecule has 1 aromatic carbocycles. The Balaban J connectivity index is 2.56. The molecule has 1 aromatic heterocycles. The summed E-state index contributed by atoms with van der Waals surface area (Å²) in [6.45, 7) is 1.42. The second kappa shape index (κ2) is 8.12. The topological polar surface area (TPSA) is 97.0 Å². The Morgan fingerprint density at radius 1 is 1.38 bits per heavy atom. The largest absolute Gasteiger partial charge is 0.502 e. The molecule has 7 heteroatoms. The van der Waals surface area contributed by atoms with Crippen LogP contribution in [0.15, 0.2) is 44.0 Å². The van der Waals surface area contributed by atoms with Crippen LogP contribution in [0.3, 0.4) is 0 Å². The maximum absolute atomic E-state index is 12.0. The standard InChI is InChI=1S/C17H17BrO6/c1-2-23-15(21)8-13(10-4-3-5-11(18)6-10)17-16(22)14(20)7-12(9-19)24-17/h3-7,13,19,22H,2,8-9H2,1H3. The van der Waals surface area contributed by atoms with E-state index in [0.717, 1.165) is 10.5 Å². The number of aromatic hydroxyl groups is 1. The molecule has 2 rings (SSSR count). The lowest BCUT2D eigenvalue weighted by Gasteiger charge is -2.17. The van der Waals surface area contributed by atoms with Crippen LogP contribution in [0.2, 0.25) is 0 Å². The molecule has 2 N–H and O–H groups in total. The van der Waals surface area contributed by atoms with Crippen LogP contribution in [0.1, 0.15) is 36.3 Å². The Bertz CT molecular complexity index is 783. The molecule has 6 nitrogen and oxygen atoms in total. The SMILES string of the molecule is CCOC(=O)CC(c1cccc(Br)c1)c1oc(CO)cc(=O)c1O. The Labute approximate surface area is 146 Å². The number of hydrogen-bond donors (Lipinski definition) is 2. The second-order valence-electron chi connectivity index (χ2n) is 5.06. The fraction of sp³-hybridized carbons (Fsp3) is 0.294. The number of aliphatic hydroxyl groups is 1. The van der Waals surface area contributed by atoms with Crippen LogP contribution in [0, 0.1) is 0 Å². The van der Waals surface area contributed by atoms with Crippen LogP contribution in [0.25, 0.3) is 0 Å². The summed E-state index contributed by atoms with van der Waals surface area (Å²) in [5.41, 5.74) is -0.0184. The molecule has 1 heterocycles. The van der Waals surface area contributed by atoms with Gasteiger partial charge in [-0.1, -0.05) is 28.1 Å². The fourth-order valence-corrected chi connectivity index (χ4v) is 2.76. The Hall–Kier alpha value is -2.12. The molecule has 0 spiro atoms. The van der Waals surface area contributed by atoms with Gasteiger partial charge in [0.15, 0.2) is 5.76 Å². The second-order valence-corrected chi connectivity index (χ2v) is 5.98. The van der Waals surface area contributed by atoms with Crippen LogP contribution in [0.5, 0.6) is 5.75 Å². The van der Waals surface area contributed by atoms with Crippen molar-refractivity contribution in [3.8, 4) is 5.75 Å². The number of ether oxygens (including phenoxy) is 1. The molecule has 0 aliphatic carbocycles. The summed E-state index contributed by atoms with van der Waals surface area (Å²) in [7, 11) is 0. The molecule has 1 atom stereocenters. The van der Waals surface area contributed by atoms with Crippen molar-refractivity contribution >= 4 is 21.9 Å². The van der Waals surface area contributed by atoms with E-state index in [-0.39, 0.29) is 24.5 Å². The van der Waals surface area contributed by atoms with Gasteiger partial charge in [-0.3, -0.25) is 9.59 Å². The third kappa shape index (κ3) is 4.24. The van der Waals surface area contributed by atoms with Crippen molar-refractivity contribution in [3.05, 3.63) is 62.1 Å². The van der Waals surface area contributed by atoms with Gasteiger partial charge in [-0.05, 0) is 24.6 Å². The van der Waals surface area contributed by atoms with Crippen molar-refractivity contribution in [2.24, 2.45) is 0 Å². The Morgan fingerprint density at radius 2 is 2.12 bits per heavy atom. The molecule has 0 fully saturated rings. The lowest BCUT2D eigenvalue weighted by molar-refractivity contribution is -0.143. The monoisotopic (exact) mass is 396 g/mol. The number of halogens is 1. The number of carbonyl (C=O) groups is 1. The Kier molecular flexibility index (Phi) is 6.16. The lowest BCUT2D eigenvalue weighted by Crippen LogP contribution is -2.15. The first kappa shape index (κ1) is 18.2. The van der Waals surface area contributed by atoms with Gasteiger partial charge in [0.05, 0.1) is 18.9 Å². The van der Waals surface area contributed by atoms with Gasteiger partial charge in [0, 0.05) is 10.5 Å². The molecule has 0 saturated heterocycles. The van der Waals surface area contributed by atoms with Crippen molar-refractivity contribution in [2.45, 2.75) is 25.9 Å². The van der Waals surface area contributed by atoms with Crippen molar-refractivity contribution in [1.29, 1.82) is 0 Å². The number of rotatable bonds is 6. The maximum Gasteiger partial charge on any atom is 0.306 e. The van der Waals surface area contributed by atoms with Gasteiger partial charge in [-0.2, -0.15) is 0 Å². The van der Waals surface area contributed by atoms with Crippen molar-refractivity contribution < 1.29 is 24.2 Å². The van der Waals surface area contributed by atoms with E-state index in [4.69, 9.17) is 9.15 Å². The molecule has 0 bridgehead atoms. The van der Waals surface area contributed by atoms with Gasteiger partial charge < -0.3 is 19.4 Å². The highest BCUT2D eigenvalue weighted by molar-refractivity contribution is 9.10. The van der Waals surface area contributed by atoms with E-state index in [1.54, 1.807) is 25.1 Å². The quantitative estimate of drug-likeness (QED) is 0.728. The van der Waals surface area contributed by atoms with Crippen molar-refractivity contribution in [1.82, 2.24) is 0 Å². The predicted molar refractivity (Wildman–Crippen MR) is 89.8 cm³/mol. The number of aliphatic hydroxyl groups excluding tert-OH is 1. The number of carbonyl (C=O) groups excluding carboxylic acids is 1. The van der Waals surface area contributed by atoms with Crippen molar-refractivity contribution in [2.75, 3.05) is 6.61 Å². The average Bonchev–Trinajstić information content (AvgIpc) is 2.55. The third-order valence-electron chi connectivity index (χ3n) is 3.40. The Morgan fingerprint density at radius 3 is 2.75 bits per heavy atom. The summed E-state index contributed by atoms with van der Waals surface area (Å²) in [4.78, 5) is 23.8. The van der Waals surface area contributed by atoms with Gasteiger partial charge in [-0.25, -0.2) is 0 Å². The first-order valence-electron chi connectivity index (χ1n) is 7.34. The molecule has 1 unspecified atom stereocenters. The number of benzene rings is 1. The molecule has 0 radical (unpaired) electrons. The molecule has 24 heavy (non-hydrogen) atoms. The van der Waals surface area contributed by atoms with E-state index in [9.17, 15) is 19.8 Å².